The first kappa shape index (κ1) is 27.4. The SMILES string of the molecule is NS(=O)(=O)c1cnc(C(O)(COCCOCc2ccccc2)COCCOCc2ccccc2)s1. The third-order valence-corrected chi connectivity index (χ3v) is 7.41. The normalized spacial score (nSPS) is 12.2. The van der Waals surface area contributed by atoms with Crippen molar-refractivity contribution in [1.82, 2.24) is 4.98 Å². The average Bonchev–Trinajstić information content (AvgIpc) is 3.37. The van der Waals surface area contributed by atoms with E-state index in [2.05, 4.69) is 4.98 Å². The summed E-state index contributed by atoms with van der Waals surface area (Å²) >= 11 is 0.781. The lowest BCUT2D eigenvalue weighted by Gasteiger charge is -2.25. The van der Waals surface area contributed by atoms with E-state index in [-0.39, 0.29) is 35.6 Å². The van der Waals surface area contributed by atoms with Gasteiger partial charge in [-0.1, -0.05) is 60.7 Å². The molecular formula is C24H30N2O7S2. The Morgan fingerprint density at radius 1 is 0.800 bits per heavy atom. The summed E-state index contributed by atoms with van der Waals surface area (Å²) < 4.78 is 45.6. The van der Waals surface area contributed by atoms with E-state index in [9.17, 15) is 13.5 Å². The van der Waals surface area contributed by atoms with Crippen molar-refractivity contribution in [1.29, 1.82) is 0 Å². The van der Waals surface area contributed by atoms with Gasteiger partial charge >= 0.3 is 0 Å². The fourth-order valence-electron chi connectivity index (χ4n) is 3.02. The molecular weight excluding hydrogens is 492 g/mol. The van der Waals surface area contributed by atoms with Crippen molar-refractivity contribution in [3.05, 3.63) is 83.0 Å². The van der Waals surface area contributed by atoms with Crippen LogP contribution in [0, 0.1) is 0 Å². The number of nitrogens with zero attached hydrogens (tertiary/aromatic N) is 1. The van der Waals surface area contributed by atoms with Crippen molar-refractivity contribution >= 4 is 21.4 Å². The molecule has 0 saturated heterocycles. The third kappa shape index (κ3) is 9.39. The van der Waals surface area contributed by atoms with Crippen LogP contribution in [0.5, 0.6) is 0 Å². The van der Waals surface area contributed by atoms with Crippen LogP contribution in [0.15, 0.2) is 71.1 Å². The molecule has 3 N–H and O–H groups in total. The first-order valence-corrected chi connectivity index (χ1v) is 13.3. The van der Waals surface area contributed by atoms with Gasteiger partial charge in [0.25, 0.3) is 0 Å². The average molecular weight is 523 g/mol. The highest BCUT2D eigenvalue weighted by Gasteiger charge is 2.35. The van der Waals surface area contributed by atoms with Gasteiger partial charge in [0, 0.05) is 0 Å². The molecule has 2 aromatic carbocycles. The maximum Gasteiger partial charge on any atom is 0.249 e. The highest BCUT2D eigenvalue weighted by molar-refractivity contribution is 7.91. The topological polar surface area (TPSA) is 130 Å². The number of aromatic nitrogens is 1. The minimum atomic E-state index is -3.94. The predicted octanol–water partition coefficient (Wildman–Crippen LogP) is 2.44. The number of primary sulfonamides is 1. The summed E-state index contributed by atoms with van der Waals surface area (Å²) in [7, 11) is -3.94. The summed E-state index contributed by atoms with van der Waals surface area (Å²) in [5.41, 5.74) is 0.433. The summed E-state index contributed by atoms with van der Waals surface area (Å²) in [5, 5.41) is 16.5. The molecule has 3 rings (SSSR count). The molecule has 0 aliphatic heterocycles. The summed E-state index contributed by atoms with van der Waals surface area (Å²) in [6.07, 6.45) is 1.12. The van der Waals surface area contributed by atoms with E-state index in [1.54, 1.807) is 0 Å². The zero-order chi connectivity index (χ0) is 25.0. The lowest BCUT2D eigenvalue weighted by atomic mass is 10.1. The fourth-order valence-corrected chi connectivity index (χ4v) is 4.63. The van der Waals surface area contributed by atoms with Gasteiger partial charge in [0.05, 0.1) is 59.1 Å². The Balaban J connectivity index is 1.47. The third-order valence-electron chi connectivity index (χ3n) is 4.81. The molecule has 0 amide bonds. The molecule has 190 valence electrons. The molecule has 0 unspecified atom stereocenters. The maximum atomic E-state index is 11.6. The molecule has 0 bridgehead atoms. The highest BCUT2D eigenvalue weighted by Crippen LogP contribution is 2.29. The van der Waals surface area contributed by atoms with Crippen LogP contribution < -0.4 is 5.14 Å². The molecule has 0 aliphatic carbocycles. The van der Waals surface area contributed by atoms with Gasteiger partial charge in [0.15, 0.2) is 9.81 Å². The van der Waals surface area contributed by atoms with Gasteiger partial charge in [-0.2, -0.15) is 0 Å². The maximum absolute atomic E-state index is 11.6. The second kappa shape index (κ2) is 13.8. The van der Waals surface area contributed by atoms with Crippen LogP contribution >= 0.6 is 11.3 Å². The zero-order valence-corrected chi connectivity index (χ0v) is 20.9. The number of nitrogens with two attached hydrogens (primary N) is 1. The van der Waals surface area contributed by atoms with E-state index in [1.807, 2.05) is 60.7 Å². The summed E-state index contributed by atoms with van der Waals surface area (Å²) in [6, 6.07) is 19.5. The van der Waals surface area contributed by atoms with E-state index < -0.39 is 15.6 Å². The molecule has 11 heteroatoms. The van der Waals surface area contributed by atoms with Crippen molar-refractivity contribution in [3.63, 3.8) is 0 Å². The molecule has 9 nitrogen and oxygen atoms in total. The van der Waals surface area contributed by atoms with E-state index in [4.69, 9.17) is 24.1 Å². The smallest absolute Gasteiger partial charge is 0.249 e. The highest BCUT2D eigenvalue weighted by atomic mass is 32.2. The Labute approximate surface area is 209 Å². The molecule has 0 aliphatic rings. The summed E-state index contributed by atoms with van der Waals surface area (Å²) in [4.78, 5) is 4.05. The van der Waals surface area contributed by atoms with Gasteiger partial charge < -0.3 is 24.1 Å². The van der Waals surface area contributed by atoms with E-state index >= 15 is 0 Å². The van der Waals surface area contributed by atoms with Gasteiger partial charge in [0.1, 0.15) is 5.01 Å². The Hall–Kier alpha value is -2.22. The van der Waals surface area contributed by atoms with Gasteiger partial charge in [-0.3, -0.25) is 0 Å². The molecule has 35 heavy (non-hydrogen) atoms. The zero-order valence-electron chi connectivity index (χ0n) is 19.2. The van der Waals surface area contributed by atoms with Crippen LogP contribution in [0.3, 0.4) is 0 Å². The Kier molecular flexibility index (Phi) is 10.8. The number of thiazole rings is 1. The van der Waals surface area contributed by atoms with Crippen LogP contribution in [-0.2, 0) is 47.8 Å². The van der Waals surface area contributed by atoms with Crippen molar-refractivity contribution in [3.8, 4) is 0 Å². The number of aliphatic hydroxyl groups is 1. The van der Waals surface area contributed by atoms with E-state index in [0.29, 0.717) is 26.4 Å². The molecule has 0 atom stereocenters. The second-order valence-electron chi connectivity index (χ2n) is 7.74. The number of hydrogen-bond acceptors (Lipinski definition) is 9. The standard InChI is InChI=1S/C24H30N2O7S2/c25-35(28,29)22-15-26-23(34-22)24(27,18-32-13-11-30-16-20-7-3-1-4-8-20)19-33-14-12-31-17-21-9-5-2-6-10-21/h1-10,15,27H,11-14,16-19H2,(H2,25,28,29). The van der Waals surface area contributed by atoms with Crippen LogP contribution in [0.1, 0.15) is 16.1 Å². The van der Waals surface area contributed by atoms with Gasteiger partial charge in [-0.05, 0) is 11.1 Å². The number of rotatable bonds is 16. The minimum absolute atomic E-state index is 0.136. The predicted molar refractivity (Wildman–Crippen MR) is 131 cm³/mol. The minimum Gasteiger partial charge on any atom is -0.378 e. The Bertz CT molecular complexity index is 1060. The van der Waals surface area contributed by atoms with Gasteiger partial charge in [0.2, 0.25) is 10.0 Å². The summed E-state index contributed by atoms with van der Waals surface area (Å²) in [5.74, 6) is 0. The van der Waals surface area contributed by atoms with Gasteiger partial charge in [-0.15, -0.1) is 11.3 Å². The van der Waals surface area contributed by atoms with Crippen molar-refractivity contribution in [2.75, 3.05) is 39.6 Å². The first-order chi connectivity index (χ1) is 16.9. The number of sulfonamides is 1. The number of benzene rings is 2. The van der Waals surface area contributed by atoms with E-state index in [0.717, 1.165) is 28.7 Å². The lowest BCUT2D eigenvalue weighted by Crippen LogP contribution is -2.37. The lowest BCUT2D eigenvalue weighted by molar-refractivity contribution is -0.112. The quantitative estimate of drug-likeness (QED) is 0.274. The number of hydrogen-bond donors (Lipinski definition) is 2. The Morgan fingerprint density at radius 3 is 1.69 bits per heavy atom. The van der Waals surface area contributed by atoms with Crippen molar-refractivity contribution in [2.45, 2.75) is 23.0 Å². The summed E-state index contributed by atoms with van der Waals surface area (Å²) in [6.45, 7) is 1.66. The van der Waals surface area contributed by atoms with E-state index in [1.165, 1.54) is 0 Å². The number of ether oxygens (including phenoxy) is 4. The monoisotopic (exact) mass is 522 g/mol. The first-order valence-electron chi connectivity index (χ1n) is 11.0. The van der Waals surface area contributed by atoms with Gasteiger partial charge in [-0.25, -0.2) is 18.5 Å². The molecule has 0 spiro atoms. The van der Waals surface area contributed by atoms with Crippen LogP contribution in [0.2, 0.25) is 0 Å². The largest absolute Gasteiger partial charge is 0.378 e. The van der Waals surface area contributed by atoms with Crippen LogP contribution in [0.4, 0.5) is 0 Å². The molecule has 3 aromatic rings. The van der Waals surface area contributed by atoms with Crippen LogP contribution in [0.25, 0.3) is 0 Å². The second-order valence-corrected chi connectivity index (χ2v) is 10.6. The van der Waals surface area contributed by atoms with Crippen LogP contribution in [-0.4, -0.2) is 58.1 Å². The fraction of sp³-hybridized carbons (Fsp3) is 0.375. The Morgan fingerprint density at radius 2 is 1.26 bits per heavy atom. The molecule has 0 saturated carbocycles. The molecule has 1 heterocycles. The molecule has 0 fully saturated rings. The molecule has 1 aromatic heterocycles. The van der Waals surface area contributed by atoms with Crippen molar-refractivity contribution < 1.29 is 32.5 Å². The molecule has 0 radical (unpaired) electrons. The van der Waals surface area contributed by atoms with Crippen molar-refractivity contribution in [2.24, 2.45) is 5.14 Å².